The van der Waals surface area contributed by atoms with Gasteiger partial charge in [-0.25, -0.2) is 10.2 Å². The molecule has 2 N–H and O–H groups in total. The van der Waals surface area contributed by atoms with Crippen molar-refractivity contribution in [2.45, 2.75) is 5.92 Å². The fourth-order valence-electron chi connectivity index (χ4n) is 4.58. The molecule has 190 valence electrons. The average molecular weight is 508 g/mol. The van der Waals surface area contributed by atoms with Crippen LogP contribution in [0, 0.1) is 5.92 Å². The lowest BCUT2D eigenvalue weighted by Gasteiger charge is -2.15. The molecular formula is C30H25N3O5. The van der Waals surface area contributed by atoms with E-state index >= 15 is 0 Å². The summed E-state index contributed by atoms with van der Waals surface area (Å²) in [6.07, 6.45) is 1.43. The van der Waals surface area contributed by atoms with Gasteiger partial charge < -0.3 is 14.8 Å². The standard InChI is InChI=1S/C30H25N3O5/c1-37-26-16-19(14-15-25(26)38-30(36)23-13-7-11-20-10-5-6-12-22(20)23)17-32-33-29(35)27-24(18-31-28(27)34)21-8-3-2-4-9-21/h2-17,24,27H,18H2,1H3,(H,31,34)(H,33,35)/b32-17+/t24-,27-/m0/s1. The van der Waals surface area contributed by atoms with Crippen LogP contribution in [0.15, 0.2) is 96.1 Å². The third-order valence-electron chi connectivity index (χ3n) is 6.48. The van der Waals surface area contributed by atoms with Gasteiger partial charge in [-0.05, 0) is 46.2 Å². The summed E-state index contributed by atoms with van der Waals surface area (Å²) in [7, 11) is 1.47. The molecule has 8 nitrogen and oxygen atoms in total. The van der Waals surface area contributed by atoms with Crippen LogP contribution < -0.4 is 20.2 Å². The van der Waals surface area contributed by atoms with Crippen molar-refractivity contribution in [1.82, 2.24) is 10.7 Å². The van der Waals surface area contributed by atoms with Crippen molar-refractivity contribution in [1.29, 1.82) is 0 Å². The third-order valence-corrected chi connectivity index (χ3v) is 6.48. The molecule has 38 heavy (non-hydrogen) atoms. The van der Waals surface area contributed by atoms with Gasteiger partial charge >= 0.3 is 5.97 Å². The van der Waals surface area contributed by atoms with Crippen LogP contribution in [0.4, 0.5) is 0 Å². The number of benzene rings is 4. The zero-order valence-corrected chi connectivity index (χ0v) is 20.6. The SMILES string of the molecule is COc1cc(/C=N/NC(=O)[C@@H]2C(=O)NC[C@H]2c2ccccc2)ccc1OC(=O)c1cccc2ccccc12. The molecule has 2 amide bonds. The van der Waals surface area contributed by atoms with E-state index in [0.29, 0.717) is 23.4 Å². The Balaban J connectivity index is 1.27. The molecule has 5 rings (SSSR count). The number of hydrazone groups is 1. The minimum atomic E-state index is -0.875. The van der Waals surface area contributed by atoms with Crippen molar-refractivity contribution in [3.8, 4) is 11.5 Å². The van der Waals surface area contributed by atoms with Gasteiger partial charge in [-0.3, -0.25) is 9.59 Å². The molecule has 0 unspecified atom stereocenters. The number of carbonyl (C=O) groups excluding carboxylic acids is 3. The molecule has 1 saturated heterocycles. The molecule has 0 spiro atoms. The van der Waals surface area contributed by atoms with Crippen LogP contribution in [0.3, 0.4) is 0 Å². The van der Waals surface area contributed by atoms with E-state index in [0.717, 1.165) is 16.3 Å². The normalized spacial score (nSPS) is 16.8. The second-order valence-corrected chi connectivity index (χ2v) is 8.80. The van der Waals surface area contributed by atoms with E-state index in [1.807, 2.05) is 60.7 Å². The molecule has 0 aliphatic carbocycles. The highest BCUT2D eigenvalue weighted by atomic mass is 16.6. The van der Waals surface area contributed by atoms with Crippen LogP contribution in [0.1, 0.15) is 27.4 Å². The maximum absolute atomic E-state index is 12.9. The summed E-state index contributed by atoms with van der Waals surface area (Å²) >= 11 is 0. The van der Waals surface area contributed by atoms with Crippen LogP contribution >= 0.6 is 0 Å². The van der Waals surface area contributed by atoms with Gasteiger partial charge in [0.15, 0.2) is 11.5 Å². The smallest absolute Gasteiger partial charge is 0.344 e. The minimum Gasteiger partial charge on any atom is -0.493 e. The molecule has 1 aliphatic rings. The predicted octanol–water partition coefficient (Wildman–Crippen LogP) is 4.05. The van der Waals surface area contributed by atoms with Crippen molar-refractivity contribution in [2.24, 2.45) is 11.0 Å². The fourth-order valence-corrected chi connectivity index (χ4v) is 4.58. The fraction of sp³-hybridized carbons (Fsp3) is 0.133. The number of amides is 2. The van der Waals surface area contributed by atoms with E-state index in [1.54, 1.807) is 30.3 Å². The quantitative estimate of drug-likeness (QED) is 0.129. The summed E-state index contributed by atoms with van der Waals surface area (Å²) in [5, 5.41) is 8.52. The Hall–Kier alpha value is -4.98. The maximum Gasteiger partial charge on any atom is 0.344 e. The lowest BCUT2D eigenvalue weighted by molar-refractivity contribution is -0.133. The first-order chi connectivity index (χ1) is 18.5. The van der Waals surface area contributed by atoms with E-state index in [2.05, 4.69) is 15.8 Å². The lowest BCUT2D eigenvalue weighted by atomic mass is 9.88. The molecular weight excluding hydrogens is 482 g/mol. The summed E-state index contributed by atoms with van der Waals surface area (Å²) in [6.45, 7) is 0.390. The number of hydrogen-bond donors (Lipinski definition) is 2. The number of fused-ring (bicyclic) bond motifs is 1. The van der Waals surface area contributed by atoms with Crippen molar-refractivity contribution < 1.29 is 23.9 Å². The summed E-state index contributed by atoms with van der Waals surface area (Å²) in [4.78, 5) is 38.0. The van der Waals surface area contributed by atoms with Crippen molar-refractivity contribution in [3.63, 3.8) is 0 Å². The molecule has 2 atom stereocenters. The summed E-state index contributed by atoms with van der Waals surface area (Å²) in [5.74, 6) is -1.89. The van der Waals surface area contributed by atoms with E-state index in [-0.39, 0.29) is 17.6 Å². The maximum atomic E-state index is 12.9. The van der Waals surface area contributed by atoms with Gasteiger partial charge in [0.25, 0.3) is 5.91 Å². The molecule has 0 aromatic heterocycles. The molecule has 0 bridgehead atoms. The molecule has 0 radical (unpaired) electrons. The lowest BCUT2D eigenvalue weighted by Crippen LogP contribution is -2.34. The Morgan fingerprint density at radius 2 is 1.71 bits per heavy atom. The Morgan fingerprint density at radius 3 is 2.53 bits per heavy atom. The molecule has 0 saturated carbocycles. The minimum absolute atomic E-state index is 0.250. The molecule has 1 heterocycles. The second kappa shape index (κ2) is 11.0. The molecule has 4 aromatic carbocycles. The molecule has 1 aliphatic heterocycles. The van der Waals surface area contributed by atoms with E-state index in [9.17, 15) is 14.4 Å². The van der Waals surface area contributed by atoms with Gasteiger partial charge in [0.2, 0.25) is 5.91 Å². The predicted molar refractivity (Wildman–Crippen MR) is 143 cm³/mol. The Kier molecular flexibility index (Phi) is 7.13. The highest BCUT2D eigenvalue weighted by Crippen LogP contribution is 2.30. The van der Waals surface area contributed by atoms with E-state index < -0.39 is 17.8 Å². The van der Waals surface area contributed by atoms with E-state index in [1.165, 1.54) is 13.3 Å². The van der Waals surface area contributed by atoms with Gasteiger partial charge in [-0.1, -0.05) is 66.7 Å². The topological polar surface area (TPSA) is 106 Å². The first kappa shape index (κ1) is 24.7. The van der Waals surface area contributed by atoms with Crippen LogP contribution in [-0.4, -0.2) is 37.7 Å². The van der Waals surface area contributed by atoms with Gasteiger partial charge in [0, 0.05) is 12.5 Å². The Bertz CT molecular complexity index is 1530. The van der Waals surface area contributed by atoms with Crippen molar-refractivity contribution in [2.75, 3.05) is 13.7 Å². The van der Waals surface area contributed by atoms with Crippen molar-refractivity contribution in [3.05, 3.63) is 108 Å². The number of esters is 1. The van der Waals surface area contributed by atoms with E-state index in [4.69, 9.17) is 9.47 Å². The molecule has 4 aromatic rings. The van der Waals surface area contributed by atoms with Gasteiger partial charge in [-0.2, -0.15) is 5.10 Å². The molecule has 8 heteroatoms. The highest BCUT2D eigenvalue weighted by molar-refractivity contribution is 6.05. The number of ether oxygens (including phenoxy) is 2. The Labute approximate surface area is 219 Å². The number of carbonyl (C=O) groups is 3. The summed E-state index contributed by atoms with van der Waals surface area (Å²) in [5.41, 5.74) is 4.43. The van der Waals surface area contributed by atoms with Crippen LogP contribution in [-0.2, 0) is 9.59 Å². The van der Waals surface area contributed by atoms with Crippen LogP contribution in [0.2, 0.25) is 0 Å². The summed E-state index contributed by atoms with van der Waals surface area (Å²) < 4.78 is 11.1. The summed E-state index contributed by atoms with van der Waals surface area (Å²) in [6, 6.07) is 27.4. The monoisotopic (exact) mass is 507 g/mol. The van der Waals surface area contributed by atoms with Crippen LogP contribution in [0.25, 0.3) is 10.8 Å². The number of nitrogens with one attached hydrogen (secondary N) is 2. The molecule has 1 fully saturated rings. The zero-order valence-electron chi connectivity index (χ0n) is 20.6. The van der Waals surface area contributed by atoms with Gasteiger partial charge in [-0.15, -0.1) is 0 Å². The van der Waals surface area contributed by atoms with Crippen LogP contribution in [0.5, 0.6) is 11.5 Å². The largest absolute Gasteiger partial charge is 0.493 e. The van der Waals surface area contributed by atoms with Crippen molar-refractivity contribution >= 4 is 34.8 Å². The zero-order chi connectivity index (χ0) is 26.5. The number of rotatable bonds is 7. The first-order valence-electron chi connectivity index (χ1n) is 12.1. The second-order valence-electron chi connectivity index (χ2n) is 8.80. The number of methoxy groups -OCH3 is 1. The van der Waals surface area contributed by atoms with Gasteiger partial charge in [0.1, 0.15) is 5.92 Å². The highest BCUT2D eigenvalue weighted by Gasteiger charge is 2.40. The Morgan fingerprint density at radius 1 is 0.947 bits per heavy atom. The third kappa shape index (κ3) is 5.10. The van der Waals surface area contributed by atoms with Gasteiger partial charge in [0.05, 0.1) is 18.9 Å². The average Bonchev–Trinajstić information content (AvgIpc) is 3.35. The number of nitrogens with zero attached hydrogens (tertiary/aromatic N) is 1. The first-order valence-corrected chi connectivity index (χ1v) is 12.1. The number of hydrogen-bond acceptors (Lipinski definition) is 6.